The first-order valence-electron chi connectivity index (χ1n) is 6.76. The highest BCUT2D eigenvalue weighted by atomic mass is 35.5. The van der Waals surface area contributed by atoms with Crippen molar-refractivity contribution in [2.24, 2.45) is 0 Å². The van der Waals surface area contributed by atoms with E-state index in [0.717, 1.165) is 12.2 Å². The molecular weight excluding hydrogens is 270 g/mol. The van der Waals surface area contributed by atoms with E-state index in [-0.39, 0.29) is 5.41 Å². The summed E-state index contributed by atoms with van der Waals surface area (Å²) in [5, 5.41) is 0.517. The molecule has 0 saturated heterocycles. The summed E-state index contributed by atoms with van der Waals surface area (Å²) in [4.78, 5) is 0. The van der Waals surface area contributed by atoms with Gasteiger partial charge in [0.15, 0.2) is 5.75 Å². The minimum Gasteiger partial charge on any atom is -0.454 e. The number of rotatable bonds is 4. The van der Waals surface area contributed by atoms with Gasteiger partial charge in [0.2, 0.25) is 0 Å². The molecule has 0 fully saturated rings. The highest BCUT2D eigenvalue weighted by molar-refractivity contribution is 6.32. The van der Waals surface area contributed by atoms with Crippen LogP contribution in [0.3, 0.4) is 0 Å². The average Bonchev–Trinajstić information content (AvgIpc) is 2.43. The van der Waals surface area contributed by atoms with Gasteiger partial charge >= 0.3 is 0 Å². The summed E-state index contributed by atoms with van der Waals surface area (Å²) in [5.74, 6) is 1.25. The van der Waals surface area contributed by atoms with E-state index in [1.165, 1.54) is 5.56 Å². The quantitative estimate of drug-likeness (QED) is 0.765. The third kappa shape index (κ3) is 3.07. The molecule has 0 spiro atoms. The van der Waals surface area contributed by atoms with Crippen molar-refractivity contribution in [2.75, 3.05) is 5.73 Å². The Bertz CT molecular complexity index is 570. The largest absolute Gasteiger partial charge is 0.454 e. The van der Waals surface area contributed by atoms with Crippen LogP contribution >= 0.6 is 11.6 Å². The van der Waals surface area contributed by atoms with Crippen LogP contribution in [0.15, 0.2) is 42.5 Å². The molecule has 2 N–H and O–H groups in total. The third-order valence-corrected chi connectivity index (χ3v) is 4.03. The zero-order chi connectivity index (χ0) is 14.8. The lowest BCUT2D eigenvalue weighted by Gasteiger charge is -2.23. The third-order valence-electron chi connectivity index (χ3n) is 3.74. The fraction of sp³-hybridized carbons (Fsp3) is 0.294. The molecule has 2 aromatic carbocycles. The van der Waals surface area contributed by atoms with Gasteiger partial charge in [0.25, 0.3) is 0 Å². The molecule has 0 heterocycles. The molecule has 0 aromatic heterocycles. The van der Waals surface area contributed by atoms with E-state index in [9.17, 15) is 0 Å². The van der Waals surface area contributed by atoms with Crippen LogP contribution in [0.4, 0.5) is 5.69 Å². The molecule has 0 aliphatic rings. The number of para-hydroxylation sites is 1. The number of anilines is 1. The molecule has 20 heavy (non-hydrogen) atoms. The lowest BCUT2D eigenvalue weighted by molar-refractivity contribution is 0.480. The first-order chi connectivity index (χ1) is 9.44. The second-order valence-corrected chi connectivity index (χ2v) is 5.93. The molecule has 0 bridgehead atoms. The van der Waals surface area contributed by atoms with Crippen molar-refractivity contribution in [1.29, 1.82) is 0 Å². The zero-order valence-corrected chi connectivity index (χ0v) is 12.9. The van der Waals surface area contributed by atoms with E-state index >= 15 is 0 Å². The SMILES string of the molecule is CCC(C)(C)c1ccc(Oc2c(N)cccc2Cl)cc1. The molecule has 3 heteroatoms. The Labute approximate surface area is 125 Å². The van der Waals surface area contributed by atoms with E-state index in [1.54, 1.807) is 18.2 Å². The Morgan fingerprint density at radius 2 is 1.75 bits per heavy atom. The molecule has 2 rings (SSSR count). The van der Waals surface area contributed by atoms with Crippen LogP contribution in [0.2, 0.25) is 5.02 Å². The lowest BCUT2D eigenvalue weighted by Crippen LogP contribution is -2.14. The first-order valence-corrected chi connectivity index (χ1v) is 7.14. The second-order valence-electron chi connectivity index (χ2n) is 5.52. The monoisotopic (exact) mass is 289 g/mol. The van der Waals surface area contributed by atoms with Crippen molar-refractivity contribution in [3.05, 3.63) is 53.1 Å². The molecule has 0 aliphatic carbocycles. The number of nitrogen functional groups attached to an aromatic ring is 1. The Kier molecular flexibility index (Phi) is 4.24. The molecule has 0 atom stereocenters. The highest BCUT2D eigenvalue weighted by Gasteiger charge is 2.17. The van der Waals surface area contributed by atoms with E-state index in [2.05, 4.69) is 32.9 Å². The maximum absolute atomic E-state index is 6.10. The molecule has 0 aliphatic heterocycles. The van der Waals surface area contributed by atoms with Crippen LogP contribution in [0.1, 0.15) is 32.8 Å². The van der Waals surface area contributed by atoms with E-state index in [1.807, 2.05) is 12.1 Å². The van der Waals surface area contributed by atoms with Gasteiger partial charge in [-0.1, -0.05) is 50.6 Å². The van der Waals surface area contributed by atoms with Crippen molar-refractivity contribution >= 4 is 17.3 Å². The van der Waals surface area contributed by atoms with Gasteiger partial charge in [-0.05, 0) is 41.7 Å². The number of benzene rings is 2. The summed E-state index contributed by atoms with van der Waals surface area (Å²) in [6, 6.07) is 13.4. The normalized spacial score (nSPS) is 11.4. The van der Waals surface area contributed by atoms with Crippen molar-refractivity contribution in [3.8, 4) is 11.5 Å². The maximum atomic E-state index is 6.10. The predicted octanol–water partition coefficient (Wildman–Crippen LogP) is 5.40. The number of halogens is 1. The van der Waals surface area contributed by atoms with Gasteiger partial charge in [-0.15, -0.1) is 0 Å². The highest BCUT2D eigenvalue weighted by Crippen LogP contribution is 2.35. The fourth-order valence-corrected chi connectivity index (χ4v) is 2.15. The summed E-state index contributed by atoms with van der Waals surface area (Å²) >= 11 is 6.10. The summed E-state index contributed by atoms with van der Waals surface area (Å²) in [7, 11) is 0. The van der Waals surface area contributed by atoms with Crippen LogP contribution in [0, 0.1) is 0 Å². The van der Waals surface area contributed by atoms with Crippen LogP contribution in [-0.2, 0) is 5.41 Å². The first kappa shape index (κ1) is 14.7. The van der Waals surface area contributed by atoms with Gasteiger partial charge in [0.05, 0.1) is 10.7 Å². The van der Waals surface area contributed by atoms with Gasteiger partial charge in [0.1, 0.15) is 5.75 Å². The molecule has 106 valence electrons. The van der Waals surface area contributed by atoms with Gasteiger partial charge in [0, 0.05) is 0 Å². The van der Waals surface area contributed by atoms with E-state index in [4.69, 9.17) is 22.1 Å². The van der Waals surface area contributed by atoms with Crippen LogP contribution in [0.5, 0.6) is 11.5 Å². The molecule has 2 nitrogen and oxygen atoms in total. The smallest absolute Gasteiger partial charge is 0.168 e. The summed E-state index contributed by atoms with van der Waals surface area (Å²) in [6.45, 7) is 6.65. The second kappa shape index (κ2) is 5.76. The number of ether oxygens (including phenoxy) is 1. The molecule has 0 saturated carbocycles. The molecule has 0 radical (unpaired) electrons. The summed E-state index contributed by atoms with van der Waals surface area (Å²) < 4.78 is 5.78. The van der Waals surface area contributed by atoms with Crippen molar-refractivity contribution in [1.82, 2.24) is 0 Å². The molecule has 0 amide bonds. The van der Waals surface area contributed by atoms with Gasteiger partial charge in [-0.2, -0.15) is 0 Å². The predicted molar refractivity (Wildman–Crippen MR) is 85.7 cm³/mol. The molecular formula is C17H20ClNO. The molecule has 0 unspecified atom stereocenters. The van der Waals surface area contributed by atoms with Crippen LogP contribution in [0.25, 0.3) is 0 Å². The van der Waals surface area contributed by atoms with Crippen LogP contribution < -0.4 is 10.5 Å². The topological polar surface area (TPSA) is 35.2 Å². The van der Waals surface area contributed by atoms with Crippen molar-refractivity contribution in [2.45, 2.75) is 32.6 Å². The Morgan fingerprint density at radius 3 is 2.30 bits per heavy atom. The minimum atomic E-state index is 0.169. The van der Waals surface area contributed by atoms with Crippen molar-refractivity contribution < 1.29 is 4.74 Å². The number of hydrogen-bond acceptors (Lipinski definition) is 2. The molecule has 2 aromatic rings. The summed E-state index contributed by atoms with van der Waals surface area (Å²) in [6.07, 6.45) is 1.09. The Hall–Kier alpha value is -1.67. The lowest BCUT2D eigenvalue weighted by atomic mass is 9.82. The fourth-order valence-electron chi connectivity index (χ4n) is 1.93. The van der Waals surface area contributed by atoms with E-state index < -0.39 is 0 Å². The van der Waals surface area contributed by atoms with Gasteiger partial charge in [-0.25, -0.2) is 0 Å². The zero-order valence-electron chi connectivity index (χ0n) is 12.1. The Balaban J connectivity index is 2.24. The van der Waals surface area contributed by atoms with E-state index in [0.29, 0.717) is 16.5 Å². The summed E-state index contributed by atoms with van der Waals surface area (Å²) in [5.41, 5.74) is 7.88. The average molecular weight is 290 g/mol. The van der Waals surface area contributed by atoms with Gasteiger partial charge < -0.3 is 10.5 Å². The number of nitrogens with two attached hydrogens (primary N) is 1. The van der Waals surface area contributed by atoms with Crippen LogP contribution in [-0.4, -0.2) is 0 Å². The Morgan fingerprint density at radius 1 is 1.10 bits per heavy atom. The van der Waals surface area contributed by atoms with Gasteiger partial charge in [-0.3, -0.25) is 0 Å². The maximum Gasteiger partial charge on any atom is 0.168 e. The minimum absolute atomic E-state index is 0.169. The number of hydrogen-bond donors (Lipinski definition) is 1. The van der Waals surface area contributed by atoms with Crippen molar-refractivity contribution in [3.63, 3.8) is 0 Å². The standard InChI is InChI=1S/C17H20ClNO/c1-4-17(2,3)12-8-10-13(11-9-12)20-16-14(18)6-5-7-15(16)19/h5-11H,4,19H2,1-3H3.